The lowest BCUT2D eigenvalue weighted by molar-refractivity contribution is -0.143. The molecule has 3 N–H and O–H groups in total. The Balaban J connectivity index is 3.41. The monoisotopic (exact) mass is 1200 g/mol. The van der Waals surface area contributed by atoms with Crippen molar-refractivity contribution >= 4 is 11.9 Å². The van der Waals surface area contributed by atoms with Crippen LogP contribution in [0.5, 0.6) is 0 Å². The van der Waals surface area contributed by atoms with E-state index in [2.05, 4.69) is 67.8 Å². The first-order valence-corrected chi connectivity index (χ1v) is 38.6. The molecule has 2 atom stereocenters. The van der Waals surface area contributed by atoms with Crippen molar-refractivity contribution in [3.63, 3.8) is 0 Å². The van der Waals surface area contributed by atoms with Crippen LogP contribution in [0.25, 0.3) is 0 Å². The van der Waals surface area contributed by atoms with Crippen LogP contribution in [0, 0.1) is 0 Å². The molecule has 2 unspecified atom stereocenters. The van der Waals surface area contributed by atoms with Gasteiger partial charge in [-0.1, -0.05) is 370 Å². The molecule has 0 bridgehead atoms. The minimum Gasteiger partial charge on any atom is -0.466 e. The summed E-state index contributed by atoms with van der Waals surface area (Å²) in [6, 6.07) is -0.629. The van der Waals surface area contributed by atoms with Gasteiger partial charge in [-0.3, -0.25) is 9.59 Å². The van der Waals surface area contributed by atoms with Crippen LogP contribution < -0.4 is 5.32 Å². The molecule has 0 heterocycles. The fourth-order valence-corrected chi connectivity index (χ4v) is 11.9. The van der Waals surface area contributed by atoms with Gasteiger partial charge in [0.1, 0.15) is 0 Å². The first-order valence-electron chi connectivity index (χ1n) is 38.6. The number of hydrogen-bond acceptors (Lipinski definition) is 5. The maximum Gasteiger partial charge on any atom is 0.305 e. The van der Waals surface area contributed by atoms with Gasteiger partial charge >= 0.3 is 5.97 Å². The number of unbranched alkanes of at least 4 members (excludes halogenated alkanes) is 53. The van der Waals surface area contributed by atoms with Crippen LogP contribution >= 0.6 is 0 Å². The molecule has 0 radical (unpaired) electrons. The van der Waals surface area contributed by atoms with E-state index in [0.29, 0.717) is 19.4 Å². The third-order valence-electron chi connectivity index (χ3n) is 17.8. The van der Waals surface area contributed by atoms with Crippen molar-refractivity contribution in [2.45, 2.75) is 424 Å². The molecular formula is C80H149NO5. The number of aliphatic hydroxyl groups excluding tert-OH is 2. The van der Waals surface area contributed by atoms with Crippen molar-refractivity contribution in [2.24, 2.45) is 0 Å². The Labute approximate surface area is 537 Å². The molecule has 1 amide bonds. The summed E-state index contributed by atoms with van der Waals surface area (Å²) in [4.78, 5) is 24.6. The van der Waals surface area contributed by atoms with Crippen molar-refractivity contribution in [1.82, 2.24) is 5.32 Å². The van der Waals surface area contributed by atoms with Crippen molar-refractivity contribution in [2.75, 3.05) is 13.2 Å². The molecule has 0 rings (SSSR count). The van der Waals surface area contributed by atoms with Crippen LogP contribution in [0.1, 0.15) is 412 Å². The molecule has 0 aliphatic carbocycles. The fraction of sp³-hybridized carbons (Fsp3) is 0.850. The zero-order chi connectivity index (χ0) is 62.0. The Kier molecular flexibility index (Phi) is 72.9. The smallest absolute Gasteiger partial charge is 0.305 e. The van der Waals surface area contributed by atoms with Crippen LogP contribution in [0.3, 0.4) is 0 Å². The van der Waals surface area contributed by atoms with E-state index in [1.165, 1.54) is 327 Å². The second-order valence-corrected chi connectivity index (χ2v) is 26.3. The number of ether oxygens (including phenoxy) is 1. The van der Waals surface area contributed by atoms with Crippen molar-refractivity contribution < 1.29 is 24.5 Å². The highest BCUT2D eigenvalue weighted by Crippen LogP contribution is 2.19. The normalized spacial score (nSPS) is 12.8. The lowest BCUT2D eigenvalue weighted by Gasteiger charge is -2.20. The summed E-state index contributed by atoms with van der Waals surface area (Å²) in [6.45, 7) is 4.89. The SMILES string of the molecule is CCCC/C=C\C/C=C\CCCCCCCC(=O)OCCCCCCCCCCC/C=C\C/C=C\CCCCCCCCCCCCCCCCCCCC(=O)NC(CO)C(O)/C=C/CCCCCCCCCCCCCCCCCCCCCC. The zero-order valence-corrected chi connectivity index (χ0v) is 57.8. The number of allylic oxidation sites excluding steroid dienone is 9. The third kappa shape index (κ3) is 70.6. The summed E-state index contributed by atoms with van der Waals surface area (Å²) < 4.78 is 5.48. The topological polar surface area (TPSA) is 95.9 Å². The standard InChI is InChI=1S/C80H149NO5/c1-3-5-7-9-11-13-15-17-19-20-21-22-36-39-42-45-48-52-56-60-64-68-72-78(83)77(76-82)81-79(84)73-69-65-61-57-53-49-46-43-40-37-34-32-30-28-26-24-23-25-27-29-31-33-35-38-41-44-47-51-55-59-63-67-71-75-86-80(85)74-70-66-62-58-54-50-18-16-14-12-10-8-6-4-2/h10,12,16,18,27,29,33,35,68,72,77-78,82-83H,3-9,11,13-15,17,19-26,28,30-32,34,36-67,69-71,73-76H2,1-2H3,(H,81,84)/b12-10-,18-16-,29-27-,35-33-,72-68+. The van der Waals surface area contributed by atoms with Crippen LogP contribution in [-0.4, -0.2) is 47.4 Å². The van der Waals surface area contributed by atoms with E-state index in [4.69, 9.17) is 4.74 Å². The Bertz CT molecular complexity index is 1480. The highest BCUT2D eigenvalue weighted by Gasteiger charge is 2.18. The van der Waals surface area contributed by atoms with Crippen LogP contribution in [0.15, 0.2) is 60.8 Å². The summed E-state index contributed by atoms with van der Waals surface area (Å²) in [7, 11) is 0. The molecule has 0 aromatic heterocycles. The van der Waals surface area contributed by atoms with Gasteiger partial charge in [0.05, 0.1) is 25.4 Å². The molecule has 0 aromatic rings. The summed E-state index contributed by atoms with van der Waals surface area (Å²) in [6.07, 6.45) is 100. The molecule has 0 aliphatic heterocycles. The van der Waals surface area contributed by atoms with Gasteiger partial charge in [-0.05, 0) is 89.9 Å². The summed E-state index contributed by atoms with van der Waals surface area (Å²) in [5, 5.41) is 23.3. The van der Waals surface area contributed by atoms with Gasteiger partial charge in [0.15, 0.2) is 0 Å². The van der Waals surface area contributed by atoms with E-state index in [9.17, 15) is 19.8 Å². The van der Waals surface area contributed by atoms with Gasteiger partial charge in [0, 0.05) is 12.8 Å². The van der Waals surface area contributed by atoms with E-state index >= 15 is 0 Å². The van der Waals surface area contributed by atoms with Gasteiger partial charge < -0.3 is 20.3 Å². The highest BCUT2D eigenvalue weighted by molar-refractivity contribution is 5.76. The Morgan fingerprint density at radius 1 is 0.326 bits per heavy atom. The number of amides is 1. The number of carbonyl (C=O) groups excluding carboxylic acids is 2. The number of aliphatic hydroxyl groups is 2. The predicted octanol–water partition coefficient (Wildman–Crippen LogP) is 25.4. The zero-order valence-electron chi connectivity index (χ0n) is 57.8. The van der Waals surface area contributed by atoms with E-state index in [0.717, 1.165) is 57.8 Å². The van der Waals surface area contributed by atoms with Gasteiger partial charge in [0.2, 0.25) is 5.91 Å². The van der Waals surface area contributed by atoms with Crippen molar-refractivity contribution in [1.29, 1.82) is 0 Å². The lowest BCUT2D eigenvalue weighted by Crippen LogP contribution is -2.45. The van der Waals surface area contributed by atoms with E-state index in [1.807, 2.05) is 6.08 Å². The molecule has 0 saturated carbocycles. The second kappa shape index (κ2) is 75.0. The Morgan fingerprint density at radius 2 is 0.593 bits per heavy atom. The minimum absolute atomic E-state index is 0.000697. The van der Waals surface area contributed by atoms with Crippen molar-refractivity contribution in [3.05, 3.63) is 60.8 Å². The summed E-state index contributed by atoms with van der Waals surface area (Å²) in [5.41, 5.74) is 0. The molecule has 0 aliphatic rings. The Hall–Kier alpha value is -2.44. The van der Waals surface area contributed by atoms with Gasteiger partial charge in [-0.2, -0.15) is 0 Å². The third-order valence-corrected chi connectivity index (χ3v) is 17.8. The van der Waals surface area contributed by atoms with Crippen molar-refractivity contribution in [3.8, 4) is 0 Å². The maximum atomic E-state index is 12.5. The lowest BCUT2D eigenvalue weighted by atomic mass is 10.0. The van der Waals surface area contributed by atoms with E-state index < -0.39 is 12.1 Å². The molecule has 6 heteroatoms. The largest absolute Gasteiger partial charge is 0.466 e. The molecule has 0 spiro atoms. The molecule has 504 valence electrons. The predicted molar refractivity (Wildman–Crippen MR) is 379 cm³/mol. The number of nitrogens with one attached hydrogen (secondary N) is 1. The molecule has 6 nitrogen and oxygen atoms in total. The summed E-state index contributed by atoms with van der Waals surface area (Å²) >= 11 is 0. The van der Waals surface area contributed by atoms with E-state index in [1.54, 1.807) is 6.08 Å². The van der Waals surface area contributed by atoms with Crippen LogP contribution in [-0.2, 0) is 14.3 Å². The highest BCUT2D eigenvalue weighted by atomic mass is 16.5. The van der Waals surface area contributed by atoms with E-state index in [-0.39, 0.29) is 18.5 Å². The Morgan fingerprint density at radius 3 is 0.919 bits per heavy atom. The van der Waals surface area contributed by atoms with Gasteiger partial charge in [-0.15, -0.1) is 0 Å². The second-order valence-electron chi connectivity index (χ2n) is 26.3. The van der Waals surface area contributed by atoms with Crippen LogP contribution in [0.2, 0.25) is 0 Å². The minimum atomic E-state index is -0.845. The molecule has 0 saturated heterocycles. The molecule has 86 heavy (non-hydrogen) atoms. The first kappa shape index (κ1) is 83.6. The van der Waals surface area contributed by atoms with Gasteiger partial charge in [0.25, 0.3) is 0 Å². The average Bonchev–Trinajstić information content (AvgIpc) is 3.56. The first-order chi connectivity index (χ1) is 42.5. The average molecular weight is 1210 g/mol. The number of hydrogen-bond donors (Lipinski definition) is 3. The maximum absolute atomic E-state index is 12.5. The molecular weight excluding hydrogens is 1050 g/mol. The number of rotatable bonds is 72. The number of esters is 1. The van der Waals surface area contributed by atoms with Gasteiger partial charge in [-0.25, -0.2) is 0 Å². The molecule has 0 fully saturated rings. The quantitative estimate of drug-likeness (QED) is 0.0320. The summed E-state index contributed by atoms with van der Waals surface area (Å²) in [5.74, 6) is -0.0631. The fourth-order valence-electron chi connectivity index (χ4n) is 11.9. The number of carbonyl (C=O) groups is 2. The van der Waals surface area contributed by atoms with Crippen LogP contribution in [0.4, 0.5) is 0 Å². The molecule has 0 aromatic carbocycles.